The molecule has 1 aromatic heterocycles. The van der Waals surface area contributed by atoms with Gasteiger partial charge >= 0.3 is 5.63 Å². The average molecular weight is 574 g/mol. The Labute approximate surface area is 244 Å². The monoisotopic (exact) mass is 573 g/mol. The Balaban J connectivity index is 1.85. The number of benzene rings is 3. The van der Waals surface area contributed by atoms with E-state index in [0.29, 0.717) is 63.9 Å². The molecule has 0 spiro atoms. The molecule has 42 heavy (non-hydrogen) atoms. The number of likely N-dealkylation sites (tertiary alicyclic amines) is 1. The van der Waals surface area contributed by atoms with Crippen molar-refractivity contribution in [3.8, 4) is 39.9 Å². The molecule has 2 heterocycles. The van der Waals surface area contributed by atoms with Crippen molar-refractivity contribution >= 4 is 16.9 Å². The van der Waals surface area contributed by atoms with Crippen molar-refractivity contribution in [1.82, 2.24) is 4.90 Å². The van der Waals surface area contributed by atoms with Gasteiger partial charge in [-0.05, 0) is 36.1 Å². The van der Waals surface area contributed by atoms with E-state index in [1.165, 1.54) is 20.3 Å². The lowest BCUT2D eigenvalue weighted by atomic mass is 9.84. The molecule has 220 valence electrons. The zero-order chi connectivity index (χ0) is 29.8. The molecule has 1 saturated heterocycles. The van der Waals surface area contributed by atoms with Crippen molar-refractivity contribution in [3.63, 3.8) is 0 Å². The zero-order valence-electron chi connectivity index (χ0n) is 24.5. The maximum Gasteiger partial charge on any atom is 0.336 e. The number of amides is 1. The van der Waals surface area contributed by atoms with Crippen LogP contribution in [0.15, 0.2) is 63.8 Å². The Morgan fingerprint density at radius 1 is 0.810 bits per heavy atom. The summed E-state index contributed by atoms with van der Waals surface area (Å²) in [7, 11) is 7.72. The summed E-state index contributed by atoms with van der Waals surface area (Å²) in [6.45, 7) is 1.41. The number of methoxy groups -OCH3 is 5. The van der Waals surface area contributed by atoms with Gasteiger partial charge in [-0.15, -0.1) is 0 Å². The highest BCUT2D eigenvalue weighted by molar-refractivity contribution is 6.01. The van der Waals surface area contributed by atoms with Gasteiger partial charge < -0.3 is 33.0 Å². The third-order valence-corrected chi connectivity index (χ3v) is 7.78. The van der Waals surface area contributed by atoms with Gasteiger partial charge in [0.05, 0.1) is 40.9 Å². The van der Waals surface area contributed by atoms with Crippen molar-refractivity contribution in [1.29, 1.82) is 0 Å². The molecule has 3 aromatic carbocycles. The van der Waals surface area contributed by atoms with Crippen molar-refractivity contribution in [2.45, 2.75) is 25.2 Å². The van der Waals surface area contributed by atoms with Crippen LogP contribution in [-0.4, -0.2) is 59.4 Å². The van der Waals surface area contributed by atoms with Crippen molar-refractivity contribution in [2.75, 3.05) is 48.6 Å². The van der Waals surface area contributed by atoms with Gasteiger partial charge in [-0.1, -0.05) is 30.3 Å². The first-order valence-corrected chi connectivity index (χ1v) is 13.8. The second kappa shape index (κ2) is 12.5. The summed E-state index contributed by atoms with van der Waals surface area (Å²) in [5, 5.41) is 0.602. The highest BCUT2D eigenvalue weighted by Gasteiger charge is 2.32. The van der Waals surface area contributed by atoms with Crippen LogP contribution in [0.5, 0.6) is 28.7 Å². The maximum atomic E-state index is 13.7. The molecule has 1 aliphatic heterocycles. The molecule has 0 saturated carbocycles. The van der Waals surface area contributed by atoms with Crippen LogP contribution in [0.1, 0.15) is 36.3 Å². The quantitative estimate of drug-likeness (QED) is 0.225. The van der Waals surface area contributed by atoms with Crippen molar-refractivity contribution < 1.29 is 32.9 Å². The molecule has 0 aliphatic carbocycles. The van der Waals surface area contributed by atoms with Crippen LogP contribution in [0.3, 0.4) is 0 Å². The molecule has 1 amide bonds. The summed E-state index contributed by atoms with van der Waals surface area (Å²) in [6, 6.07) is 16.4. The summed E-state index contributed by atoms with van der Waals surface area (Å²) in [4.78, 5) is 28.7. The molecule has 0 bridgehead atoms. The Hall–Kier alpha value is -4.66. The van der Waals surface area contributed by atoms with Crippen LogP contribution in [0, 0.1) is 0 Å². The molecule has 5 rings (SSSR count). The Morgan fingerprint density at radius 2 is 1.43 bits per heavy atom. The molecular formula is C33H35NO8. The van der Waals surface area contributed by atoms with Gasteiger partial charge in [0.2, 0.25) is 11.7 Å². The number of fused-ring (bicyclic) bond motifs is 1. The first-order valence-electron chi connectivity index (χ1n) is 13.8. The molecule has 1 aliphatic rings. The van der Waals surface area contributed by atoms with E-state index in [9.17, 15) is 9.59 Å². The number of nitrogens with zero attached hydrogens (tertiary/aromatic N) is 1. The third-order valence-electron chi connectivity index (χ3n) is 7.78. The number of hydrogen-bond donors (Lipinski definition) is 0. The van der Waals surface area contributed by atoms with Gasteiger partial charge in [-0.2, -0.15) is 0 Å². The standard InChI is InChI=1S/C33H35NO8/c1-37-24-19-25(38-2)31-23(20-11-7-6-8-12-20)18-29(36)42-33(31)30(24)22(17-28(35)34-13-9-10-14-34)21-15-26(39-3)32(41-5)27(16-21)40-4/h6-8,11-12,15-16,18-19,22H,9-10,13-14,17H2,1-5H3/t22-/m1/s1. The molecule has 9 heteroatoms. The molecular weight excluding hydrogens is 538 g/mol. The van der Waals surface area contributed by atoms with E-state index in [1.54, 1.807) is 27.4 Å². The molecule has 1 fully saturated rings. The Morgan fingerprint density at radius 3 is 2.00 bits per heavy atom. The highest BCUT2D eigenvalue weighted by Crippen LogP contribution is 2.48. The minimum atomic E-state index is -0.607. The second-order valence-electron chi connectivity index (χ2n) is 10.0. The van der Waals surface area contributed by atoms with Crippen LogP contribution in [-0.2, 0) is 4.79 Å². The molecule has 9 nitrogen and oxygen atoms in total. The largest absolute Gasteiger partial charge is 0.496 e. The van der Waals surface area contributed by atoms with Crippen LogP contribution in [0.2, 0.25) is 0 Å². The SMILES string of the molecule is COc1cc([C@@H](CC(=O)N2CCCC2)c2c(OC)cc(OC)c3c(-c4ccccc4)cc(=O)oc23)cc(OC)c1OC. The fourth-order valence-corrected chi connectivity index (χ4v) is 5.77. The lowest BCUT2D eigenvalue weighted by Crippen LogP contribution is -2.29. The average Bonchev–Trinajstić information content (AvgIpc) is 3.57. The van der Waals surface area contributed by atoms with Gasteiger partial charge in [0.1, 0.15) is 17.1 Å². The first kappa shape index (κ1) is 28.9. The van der Waals surface area contributed by atoms with E-state index in [0.717, 1.165) is 18.4 Å². The van der Waals surface area contributed by atoms with Crippen LogP contribution >= 0.6 is 0 Å². The summed E-state index contributed by atoms with van der Waals surface area (Å²) in [5.74, 6) is 1.58. The van der Waals surface area contributed by atoms with Gasteiger partial charge in [0.25, 0.3) is 0 Å². The zero-order valence-corrected chi connectivity index (χ0v) is 24.5. The second-order valence-corrected chi connectivity index (χ2v) is 10.0. The highest BCUT2D eigenvalue weighted by atomic mass is 16.5. The van der Waals surface area contributed by atoms with Gasteiger partial charge in [-0.3, -0.25) is 4.79 Å². The number of ether oxygens (including phenoxy) is 5. The van der Waals surface area contributed by atoms with E-state index in [2.05, 4.69) is 0 Å². The van der Waals surface area contributed by atoms with Crippen molar-refractivity contribution in [2.24, 2.45) is 0 Å². The Bertz CT molecular complexity index is 1610. The number of hydrogen-bond acceptors (Lipinski definition) is 8. The fourth-order valence-electron chi connectivity index (χ4n) is 5.77. The van der Waals surface area contributed by atoms with Crippen molar-refractivity contribution in [3.05, 3.63) is 76.1 Å². The molecule has 0 unspecified atom stereocenters. The van der Waals surface area contributed by atoms with E-state index < -0.39 is 11.5 Å². The molecule has 1 atom stereocenters. The molecule has 0 radical (unpaired) electrons. The van der Waals surface area contributed by atoms with Gasteiger partial charge in [0, 0.05) is 48.7 Å². The minimum Gasteiger partial charge on any atom is -0.496 e. The maximum absolute atomic E-state index is 13.7. The summed E-state index contributed by atoms with van der Waals surface area (Å²) < 4.78 is 34.6. The minimum absolute atomic E-state index is 0.0150. The summed E-state index contributed by atoms with van der Waals surface area (Å²) in [6.07, 6.45) is 2.02. The van der Waals surface area contributed by atoms with Gasteiger partial charge in [-0.25, -0.2) is 4.79 Å². The van der Waals surface area contributed by atoms with E-state index >= 15 is 0 Å². The Kier molecular flexibility index (Phi) is 8.56. The lowest BCUT2D eigenvalue weighted by Gasteiger charge is -2.26. The number of carbonyl (C=O) groups excluding carboxylic acids is 1. The van der Waals surface area contributed by atoms with E-state index in [1.807, 2.05) is 47.4 Å². The van der Waals surface area contributed by atoms with E-state index in [-0.39, 0.29) is 17.9 Å². The predicted octanol–water partition coefficient (Wildman–Crippen LogP) is 5.65. The molecule has 4 aromatic rings. The first-order chi connectivity index (χ1) is 20.4. The summed E-state index contributed by atoms with van der Waals surface area (Å²) >= 11 is 0. The fraction of sp³-hybridized carbons (Fsp3) is 0.333. The predicted molar refractivity (Wildman–Crippen MR) is 159 cm³/mol. The lowest BCUT2D eigenvalue weighted by molar-refractivity contribution is -0.130. The molecule has 0 N–H and O–H groups in total. The van der Waals surface area contributed by atoms with Crippen LogP contribution < -0.4 is 29.3 Å². The van der Waals surface area contributed by atoms with Gasteiger partial charge in [0.15, 0.2) is 11.5 Å². The van der Waals surface area contributed by atoms with E-state index in [4.69, 9.17) is 28.1 Å². The normalized spacial score (nSPS) is 13.6. The number of carbonyl (C=O) groups is 1. The topological polar surface area (TPSA) is 96.7 Å². The van der Waals surface area contributed by atoms with Crippen LogP contribution in [0.25, 0.3) is 22.1 Å². The summed E-state index contributed by atoms with van der Waals surface area (Å²) in [5.41, 5.74) is 2.47. The smallest absolute Gasteiger partial charge is 0.336 e. The van der Waals surface area contributed by atoms with Crippen LogP contribution in [0.4, 0.5) is 0 Å². The third kappa shape index (κ3) is 5.34. The number of rotatable bonds is 10.